The maximum atomic E-state index is 12.0. The molecule has 1 unspecified atom stereocenters. The highest BCUT2D eigenvalue weighted by atomic mass is 16.2. The van der Waals surface area contributed by atoms with Crippen LogP contribution >= 0.6 is 0 Å². The second kappa shape index (κ2) is 5.23. The first kappa shape index (κ1) is 13.7. The van der Waals surface area contributed by atoms with Crippen molar-refractivity contribution in [1.82, 2.24) is 0 Å². The van der Waals surface area contributed by atoms with Gasteiger partial charge in [-0.15, -0.1) is 0 Å². The molecule has 0 bridgehead atoms. The van der Waals surface area contributed by atoms with Crippen molar-refractivity contribution in [2.45, 2.75) is 57.8 Å². The largest absolute Gasteiger partial charge is 0.311 e. The topological polar surface area (TPSA) is 20.3 Å². The third-order valence-electron chi connectivity index (χ3n) is 5.33. The van der Waals surface area contributed by atoms with Crippen molar-refractivity contribution >= 4 is 11.6 Å². The van der Waals surface area contributed by atoms with E-state index in [1.165, 1.54) is 44.1 Å². The number of anilines is 1. The standard InChI is InChI=1S/C18H25NO/c1-14-7-5-6-11-18(12-10-14)13-19(15(2)20)17-9-4-3-8-16(17)18/h3-4,8-9,14H,5-7,10-13H2,1-2H3/t14-,18?/m1/s1. The number of carbonyl (C=O) groups is 1. The molecule has 3 rings (SSSR count). The van der Waals surface area contributed by atoms with Crippen molar-refractivity contribution in [3.8, 4) is 0 Å². The van der Waals surface area contributed by atoms with Gasteiger partial charge in [0, 0.05) is 24.6 Å². The first-order chi connectivity index (χ1) is 9.62. The third kappa shape index (κ3) is 2.25. The summed E-state index contributed by atoms with van der Waals surface area (Å²) < 4.78 is 0. The van der Waals surface area contributed by atoms with Crippen LogP contribution in [0.4, 0.5) is 5.69 Å². The van der Waals surface area contributed by atoms with Gasteiger partial charge in [-0.05, 0) is 36.8 Å². The number of amides is 1. The van der Waals surface area contributed by atoms with Crippen LogP contribution < -0.4 is 4.90 Å². The molecule has 2 nitrogen and oxygen atoms in total. The van der Waals surface area contributed by atoms with Crippen LogP contribution in [0.2, 0.25) is 0 Å². The van der Waals surface area contributed by atoms with Gasteiger partial charge in [-0.2, -0.15) is 0 Å². The number of nitrogens with zero attached hydrogens (tertiary/aromatic N) is 1. The lowest BCUT2D eigenvalue weighted by atomic mass is 9.71. The van der Waals surface area contributed by atoms with Crippen LogP contribution in [0.25, 0.3) is 0 Å². The van der Waals surface area contributed by atoms with Gasteiger partial charge in [0.25, 0.3) is 0 Å². The molecule has 2 aliphatic rings. The van der Waals surface area contributed by atoms with Gasteiger partial charge < -0.3 is 4.90 Å². The van der Waals surface area contributed by atoms with E-state index in [2.05, 4.69) is 31.2 Å². The van der Waals surface area contributed by atoms with Crippen LogP contribution in [0.15, 0.2) is 24.3 Å². The quantitative estimate of drug-likeness (QED) is 0.689. The summed E-state index contributed by atoms with van der Waals surface area (Å²) in [4.78, 5) is 14.0. The second-order valence-electron chi connectivity index (χ2n) is 6.79. The zero-order valence-corrected chi connectivity index (χ0v) is 12.7. The Hall–Kier alpha value is -1.31. The van der Waals surface area contributed by atoms with Crippen molar-refractivity contribution in [2.75, 3.05) is 11.4 Å². The van der Waals surface area contributed by atoms with E-state index in [0.717, 1.165) is 18.2 Å². The number of para-hydroxylation sites is 1. The van der Waals surface area contributed by atoms with Crippen molar-refractivity contribution in [1.29, 1.82) is 0 Å². The number of benzene rings is 1. The summed E-state index contributed by atoms with van der Waals surface area (Å²) in [7, 11) is 0. The summed E-state index contributed by atoms with van der Waals surface area (Å²) in [6, 6.07) is 8.56. The maximum absolute atomic E-state index is 12.0. The first-order valence-corrected chi connectivity index (χ1v) is 8.00. The van der Waals surface area contributed by atoms with Crippen LogP contribution in [0, 0.1) is 5.92 Å². The van der Waals surface area contributed by atoms with Gasteiger partial charge in [-0.3, -0.25) is 4.79 Å². The minimum atomic E-state index is 0.185. The average Bonchev–Trinajstić information content (AvgIpc) is 2.76. The predicted molar refractivity (Wildman–Crippen MR) is 83.0 cm³/mol. The van der Waals surface area contributed by atoms with Gasteiger partial charge >= 0.3 is 0 Å². The van der Waals surface area contributed by atoms with Crippen molar-refractivity contribution < 1.29 is 4.79 Å². The lowest BCUT2D eigenvalue weighted by Crippen LogP contribution is -2.36. The Balaban J connectivity index is 1.98. The molecule has 1 heterocycles. The fraction of sp³-hybridized carbons (Fsp3) is 0.611. The van der Waals surface area contributed by atoms with Gasteiger partial charge in [-0.25, -0.2) is 0 Å². The summed E-state index contributed by atoms with van der Waals surface area (Å²) in [6.07, 6.45) is 7.76. The van der Waals surface area contributed by atoms with Crippen LogP contribution in [0.1, 0.15) is 57.9 Å². The van der Waals surface area contributed by atoms with Gasteiger partial charge in [0.1, 0.15) is 0 Å². The molecule has 0 aromatic heterocycles. The number of rotatable bonds is 0. The molecule has 20 heavy (non-hydrogen) atoms. The fourth-order valence-electron chi connectivity index (χ4n) is 4.09. The molecular formula is C18H25NO. The zero-order valence-electron chi connectivity index (χ0n) is 12.7. The summed E-state index contributed by atoms with van der Waals surface area (Å²) in [5, 5.41) is 0. The van der Waals surface area contributed by atoms with Crippen molar-refractivity contribution in [3.05, 3.63) is 29.8 Å². The molecule has 1 aliphatic heterocycles. The first-order valence-electron chi connectivity index (χ1n) is 8.00. The molecule has 0 N–H and O–H groups in total. The molecule has 2 atom stereocenters. The molecule has 0 radical (unpaired) electrons. The minimum Gasteiger partial charge on any atom is -0.311 e. The molecule has 1 aliphatic carbocycles. The monoisotopic (exact) mass is 271 g/mol. The van der Waals surface area contributed by atoms with E-state index >= 15 is 0 Å². The Kier molecular flexibility index (Phi) is 3.57. The Morgan fingerprint density at radius 1 is 1.20 bits per heavy atom. The lowest BCUT2D eigenvalue weighted by Gasteiger charge is -2.33. The molecule has 0 saturated heterocycles. The maximum Gasteiger partial charge on any atom is 0.223 e. The smallest absolute Gasteiger partial charge is 0.223 e. The number of hydrogen-bond donors (Lipinski definition) is 0. The van der Waals surface area contributed by atoms with E-state index in [0.29, 0.717) is 0 Å². The zero-order chi connectivity index (χ0) is 14.2. The number of carbonyl (C=O) groups excluding carboxylic acids is 1. The van der Waals surface area contributed by atoms with Crippen molar-refractivity contribution in [2.24, 2.45) is 5.92 Å². The molecule has 1 fully saturated rings. The molecule has 1 aromatic rings. The van der Waals surface area contributed by atoms with Crippen LogP contribution in [-0.4, -0.2) is 12.5 Å². The molecular weight excluding hydrogens is 246 g/mol. The second-order valence-corrected chi connectivity index (χ2v) is 6.79. The molecule has 1 saturated carbocycles. The lowest BCUT2D eigenvalue weighted by molar-refractivity contribution is -0.116. The predicted octanol–water partition coefficient (Wildman–Crippen LogP) is 4.28. The molecule has 2 heteroatoms. The highest BCUT2D eigenvalue weighted by Gasteiger charge is 2.43. The van der Waals surface area contributed by atoms with Gasteiger partial charge in [0.2, 0.25) is 5.91 Å². The Morgan fingerprint density at radius 2 is 2.00 bits per heavy atom. The van der Waals surface area contributed by atoms with E-state index in [9.17, 15) is 4.79 Å². The fourth-order valence-corrected chi connectivity index (χ4v) is 4.09. The van der Waals surface area contributed by atoms with Gasteiger partial charge in [-0.1, -0.05) is 44.4 Å². The molecule has 1 aromatic carbocycles. The molecule has 1 amide bonds. The van der Waals surface area contributed by atoms with E-state index in [1.54, 1.807) is 6.92 Å². The minimum absolute atomic E-state index is 0.185. The highest BCUT2D eigenvalue weighted by Crippen LogP contribution is 2.48. The Bertz CT molecular complexity index is 510. The molecule has 1 spiro atoms. The average molecular weight is 271 g/mol. The van der Waals surface area contributed by atoms with E-state index in [1.807, 2.05) is 4.90 Å². The summed E-state index contributed by atoms with van der Waals surface area (Å²) in [5.41, 5.74) is 2.80. The number of hydrogen-bond acceptors (Lipinski definition) is 1. The summed E-state index contributed by atoms with van der Waals surface area (Å²) in [5.74, 6) is 1.01. The molecule has 108 valence electrons. The van der Waals surface area contributed by atoms with Gasteiger partial charge in [0.05, 0.1) is 0 Å². The SMILES string of the molecule is CC(=O)N1CC2(CCCC[C@@H](C)CC2)c2ccccc21. The number of fused-ring (bicyclic) bond motifs is 2. The normalized spacial score (nSPS) is 29.9. The van der Waals surface area contributed by atoms with Crippen molar-refractivity contribution in [3.63, 3.8) is 0 Å². The van der Waals surface area contributed by atoms with Crippen LogP contribution in [0.3, 0.4) is 0 Å². The van der Waals surface area contributed by atoms with Crippen LogP contribution in [0.5, 0.6) is 0 Å². The van der Waals surface area contributed by atoms with Gasteiger partial charge in [0.15, 0.2) is 0 Å². The third-order valence-corrected chi connectivity index (χ3v) is 5.33. The van der Waals surface area contributed by atoms with Crippen LogP contribution in [-0.2, 0) is 10.2 Å². The van der Waals surface area contributed by atoms with E-state index < -0.39 is 0 Å². The summed E-state index contributed by atoms with van der Waals surface area (Å²) in [6.45, 7) is 4.97. The Labute approximate surface area is 122 Å². The Morgan fingerprint density at radius 3 is 2.80 bits per heavy atom. The van der Waals surface area contributed by atoms with E-state index in [4.69, 9.17) is 0 Å². The van der Waals surface area contributed by atoms with E-state index in [-0.39, 0.29) is 11.3 Å². The summed E-state index contributed by atoms with van der Waals surface area (Å²) >= 11 is 0. The highest BCUT2D eigenvalue weighted by molar-refractivity contribution is 5.94.